The minimum absolute atomic E-state index is 0.0714. The van der Waals surface area contributed by atoms with Crippen LogP contribution in [-0.4, -0.2) is 36.0 Å². The number of hydrazone groups is 1. The van der Waals surface area contributed by atoms with Crippen LogP contribution in [0.5, 0.6) is 0 Å². The average molecular weight is 352 g/mol. The zero-order valence-corrected chi connectivity index (χ0v) is 14.7. The largest absolute Gasteiger partial charge is 0.550 e. The van der Waals surface area contributed by atoms with Gasteiger partial charge >= 0.3 is 0 Å². The van der Waals surface area contributed by atoms with Gasteiger partial charge in [-0.3, -0.25) is 5.43 Å². The van der Waals surface area contributed by atoms with Crippen molar-refractivity contribution < 1.29 is 19.1 Å². The number of ether oxygens (including phenoxy) is 1. The van der Waals surface area contributed by atoms with Crippen molar-refractivity contribution in [1.29, 1.82) is 0 Å². The Balaban J connectivity index is 1.85. The molecule has 24 heavy (non-hydrogen) atoms. The molecule has 0 aliphatic carbocycles. The Kier molecular flexibility index (Phi) is 6.74. The number of carbonyl (C=O) groups excluding carboxylic acids is 1. The zero-order chi connectivity index (χ0) is 17.5. The maximum absolute atomic E-state index is 10.5. The fourth-order valence-electron chi connectivity index (χ4n) is 2.50. The molecule has 2 N–H and O–H groups in total. The lowest BCUT2D eigenvalue weighted by molar-refractivity contribution is -0.305. The molecule has 7 nitrogen and oxygen atoms in total. The number of hydrogen-bond donors (Lipinski definition) is 2. The quantitative estimate of drug-likeness (QED) is 0.422. The molecule has 2 heterocycles. The lowest BCUT2D eigenvalue weighted by Crippen LogP contribution is -2.37. The summed E-state index contributed by atoms with van der Waals surface area (Å²) in [5, 5.41) is 18.3. The SMILES string of the molecule is C/C(=N/NC(=S)NC[C@@H]1CCCO1)c1cc(CCC(=O)[O-])oc1C. The second-order valence-corrected chi connectivity index (χ2v) is 6.12. The van der Waals surface area contributed by atoms with Gasteiger partial charge in [-0.1, -0.05) is 0 Å². The van der Waals surface area contributed by atoms with Crippen LogP contribution in [0, 0.1) is 6.92 Å². The third-order valence-corrected chi connectivity index (χ3v) is 4.01. The predicted octanol–water partition coefficient (Wildman–Crippen LogP) is 0.638. The Morgan fingerprint density at radius 2 is 2.33 bits per heavy atom. The molecule has 0 amide bonds. The van der Waals surface area contributed by atoms with Gasteiger partial charge in [0.1, 0.15) is 11.5 Å². The number of aliphatic carboxylic acids is 1. The molecule has 1 atom stereocenters. The number of furan rings is 1. The summed E-state index contributed by atoms with van der Waals surface area (Å²) < 4.78 is 11.1. The smallest absolute Gasteiger partial charge is 0.187 e. The second-order valence-electron chi connectivity index (χ2n) is 5.71. The highest BCUT2D eigenvalue weighted by molar-refractivity contribution is 7.80. The van der Waals surface area contributed by atoms with Crippen LogP contribution in [0.15, 0.2) is 15.6 Å². The Morgan fingerprint density at radius 1 is 1.54 bits per heavy atom. The molecule has 132 valence electrons. The van der Waals surface area contributed by atoms with Gasteiger partial charge in [-0.15, -0.1) is 0 Å². The third kappa shape index (κ3) is 5.61. The van der Waals surface area contributed by atoms with E-state index in [2.05, 4.69) is 15.8 Å². The molecule has 1 aliphatic rings. The summed E-state index contributed by atoms with van der Waals surface area (Å²) in [4.78, 5) is 10.5. The number of carboxylic acids is 1. The fourth-order valence-corrected chi connectivity index (χ4v) is 2.63. The van der Waals surface area contributed by atoms with Crippen LogP contribution >= 0.6 is 12.2 Å². The third-order valence-electron chi connectivity index (χ3n) is 3.77. The van der Waals surface area contributed by atoms with E-state index in [1.807, 2.05) is 13.8 Å². The van der Waals surface area contributed by atoms with Crippen LogP contribution < -0.4 is 15.8 Å². The number of rotatable bonds is 7. The van der Waals surface area contributed by atoms with Gasteiger partial charge in [-0.2, -0.15) is 5.10 Å². The molecule has 0 radical (unpaired) electrons. The van der Waals surface area contributed by atoms with Crippen LogP contribution in [0.25, 0.3) is 0 Å². The number of carboxylic acid groups (broad SMARTS) is 1. The molecule has 1 aromatic heterocycles. The molecule has 2 rings (SSSR count). The zero-order valence-electron chi connectivity index (χ0n) is 13.9. The number of nitrogens with one attached hydrogen (secondary N) is 2. The van der Waals surface area contributed by atoms with Crippen molar-refractivity contribution >= 4 is 29.0 Å². The van der Waals surface area contributed by atoms with Crippen molar-refractivity contribution in [2.24, 2.45) is 5.10 Å². The van der Waals surface area contributed by atoms with Crippen LogP contribution in [0.1, 0.15) is 43.3 Å². The monoisotopic (exact) mass is 352 g/mol. The van der Waals surface area contributed by atoms with Gasteiger partial charge in [0.15, 0.2) is 5.11 Å². The topological polar surface area (TPSA) is 98.9 Å². The number of carbonyl (C=O) groups is 1. The van der Waals surface area contributed by atoms with Crippen LogP contribution in [0.4, 0.5) is 0 Å². The van der Waals surface area contributed by atoms with Gasteiger partial charge in [-0.05, 0) is 51.4 Å². The Hall–Kier alpha value is -1.93. The van der Waals surface area contributed by atoms with Gasteiger partial charge in [0.05, 0.1) is 11.8 Å². The van der Waals surface area contributed by atoms with Gasteiger partial charge in [0, 0.05) is 31.1 Å². The van der Waals surface area contributed by atoms with E-state index in [0.29, 0.717) is 35.3 Å². The standard InChI is InChI=1S/C16H23N3O4S/c1-10(14-8-12(23-11(14)2)5-6-15(20)21)18-19-16(24)17-9-13-4-3-7-22-13/h8,13H,3-7,9H2,1-2H3,(H,20,21)(H2,17,19,24)/p-1/b18-10-/t13-/m0/s1. The van der Waals surface area contributed by atoms with E-state index >= 15 is 0 Å². The summed E-state index contributed by atoms with van der Waals surface area (Å²) >= 11 is 5.18. The molecule has 1 saturated heterocycles. The van der Waals surface area contributed by atoms with E-state index < -0.39 is 5.97 Å². The highest BCUT2D eigenvalue weighted by Crippen LogP contribution is 2.17. The minimum Gasteiger partial charge on any atom is -0.550 e. The van der Waals surface area contributed by atoms with Crippen molar-refractivity contribution in [3.8, 4) is 0 Å². The first-order valence-electron chi connectivity index (χ1n) is 7.95. The molecule has 1 fully saturated rings. The van der Waals surface area contributed by atoms with Gasteiger partial charge in [-0.25, -0.2) is 0 Å². The maximum atomic E-state index is 10.5. The van der Waals surface area contributed by atoms with Crippen molar-refractivity contribution in [2.45, 2.75) is 45.6 Å². The summed E-state index contributed by atoms with van der Waals surface area (Å²) in [5.41, 5.74) is 4.32. The van der Waals surface area contributed by atoms with E-state index in [0.717, 1.165) is 25.0 Å². The molecular formula is C16H22N3O4S-. The van der Waals surface area contributed by atoms with Crippen molar-refractivity contribution in [3.05, 3.63) is 23.2 Å². The molecular weight excluding hydrogens is 330 g/mol. The molecule has 1 aliphatic heterocycles. The Labute approximate surface area is 146 Å². The van der Waals surface area contributed by atoms with Gasteiger partial charge in [0.2, 0.25) is 0 Å². The van der Waals surface area contributed by atoms with Gasteiger partial charge < -0.3 is 24.4 Å². The number of nitrogens with zero attached hydrogens (tertiary/aromatic N) is 1. The lowest BCUT2D eigenvalue weighted by Gasteiger charge is -2.12. The molecule has 0 spiro atoms. The molecule has 0 saturated carbocycles. The normalized spacial score (nSPS) is 17.8. The van der Waals surface area contributed by atoms with E-state index in [9.17, 15) is 9.90 Å². The van der Waals surface area contributed by atoms with E-state index in [4.69, 9.17) is 21.4 Å². The number of thiocarbonyl (C=S) groups is 1. The molecule has 0 unspecified atom stereocenters. The van der Waals surface area contributed by atoms with Crippen molar-refractivity contribution in [1.82, 2.24) is 10.7 Å². The van der Waals surface area contributed by atoms with Crippen LogP contribution in [0.2, 0.25) is 0 Å². The number of hydrogen-bond acceptors (Lipinski definition) is 6. The van der Waals surface area contributed by atoms with Crippen molar-refractivity contribution in [3.63, 3.8) is 0 Å². The summed E-state index contributed by atoms with van der Waals surface area (Å²) in [7, 11) is 0. The van der Waals surface area contributed by atoms with Crippen LogP contribution in [-0.2, 0) is 16.0 Å². The van der Waals surface area contributed by atoms with Crippen molar-refractivity contribution in [2.75, 3.05) is 13.2 Å². The Bertz CT molecular complexity index is 621. The summed E-state index contributed by atoms with van der Waals surface area (Å²) in [6.07, 6.45) is 2.56. The highest BCUT2D eigenvalue weighted by atomic mass is 32.1. The molecule has 8 heteroatoms. The first kappa shape index (κ1) is 18.4. The molecule has 1 aromatic rings. The molecule has 0 aromatic carbocycles. The number of aryl methyl sites for hydroxylation is 2. The summed E-state index contributed by atoms with van der Waals surface area (Å²) in [6.45, 7) is 5.11. The first-order valence-corrected chi connectivity index (χ1v) is 8.35. The summed E-state index contributed by atoms with van der Waals surface area (Å²) in [5.74, 6) is 0.185. The van der Waals surface area contributed by atoms with E-state index in [1.54, 1.807) is 6.07 Å². The summed E-state index contributed by atoms with van der Waals surface area (Å²) in [6, 6.07) is 1.79. The lowest BCUT2D eigenvalue weighted by atomic mass is 10.1. The fraction of sp³-hybridized carbons (Fsp3) is 0.562. The van der Waals surface area contributed by atoms with E-state index in [-0.39, 0.29) is 12.5 Å². The maximum Gasteiger partial charge on any atom is 0.187 e. The Morgan fingerprint density at radius 3 is 3.00 bits per heavy atom. The van der Waals surface area contributed by atoms with Gasteiger partial charge in [0.25, 0.3) is 0 Å². The minimum atomic E-state index is -1.10. The highest BCUT2D eigenvalue weighted by Gasteiger charge is 2.15. The van der Waals surface area contributed by atoms with E-state index in [1.165, 1.54) is 0 Å². The molecule has 0 bridgehead atoms. The first-order chi connectivity index (χ1) is 11.5. The average Bonchev–Trinajstić information content (AvgIpc) is 3.18. The predicted molar refractivity (Wildman–Crippen MR) is 91.7 cm³/mol. The second kappa shape index (κ2) is 8.79. The van der Waals surface area contributed by atoms with Crippen LogP contribution in [0.3, 0.4) is 0 Å².